The van der Waals surface area contributed by atoms with Gasteiger partial charge in [-0.2, -0.15) is 0 Å². The van der Waals surface area contributed by atoms with Crippen molar-refractivity contribution in [2.75, 3.05) is 85.0 Å². The fourth-order valence-electron chi connectivity index (χ4n) is 3.89. The van der Waals surface area contributed by atoms with Gasteiger partial charge in [0, 0.05) is 64.1 Å². The second-order valence-corrected chi connectivity index (χ2v) is 7.76. The third-order valence-electron chi connectivity index (χ3n) is 5.78. The number of hydrogen-bond donors (Lipinski definition) is 1. The summed E-state index contributed by atoms with van der Waals surface area (Å²) >= 11 is 0. The molecule has 0 aliphatic carbocycles. The Hall–Kier alpha value is -1.99. The molecule has 2 aliphatic rings. The fraction of sp³-hybridized carbons (Fsp3) is 0.667. The quantitative estimate of drug-likeness (QED) is 0.601. The molecule has 0 spiro atoms. The Morgan fingerprint density at radius 2 is 1.79 bits per heavy atom. The zero-order valence-corrected chi connectivity index (χ0v) is 17.9. The predicted octanol–water partition coefficient (Wildman–Crippen LogP) is 1.03. The molecule has 7 heteroatoms. The number of likely N-dealkylation sites (N-methyl/N-ethyl adjacent to an activating group) is 2. The summed E-state index contributed by atoms with van der Waals surface area (Å²) in [6.07, 6.45) is 0. The summed E-state index contributed by atoms with van der Waals surface area (Å²) in [5.74, 6) is 1.96. The van der Waals surface area contributed by atoms with E-state index in [4.69, 9.17) is 9.73 Å². The Morgan fingerprint density at radius 1 is 1.07 bits per heavy atom. The number of hydrogen-bond acceptors (Lipinski definition) is 5. The second kappa shape index (κ2) is 9.98. The maximum Gasteiger partial charge on any atom is 0.194 e. The van der Waals surface area contributed by atoms with E-state index in [1.807, 2.05) is 12.1 Å². The van der Waals surface area contributed by atoms with Gasteiger partial charge in [0.05, 0.1) is 13.7 Å². The lowest BCUT2D eigenvalue weighted by atomic mass is 10.2. The summed E-state index contributed by atoms with van der Waals surface area (Å²) in [6.45, 7) is 11.2. The van der Waals surface area contributed by atoms with Gasteiger partial charge < -0.3 is 24.8 Å². The normalized spacial score (nSPS) is 22.4. The molecule has 0 bridgehead atoms. The lowest BCUT2D eigenvalue weighted by Crippen LogP contribution is -2.54. The SMILES string of the molecule is CCNC(=NCC1CN(C)CCN1C)N1CCN(c2ccc(OC)cc2)CC1. The Morgan fingerprint density at radius 3 is 2.43 bits per heavy atom. The van der Waals surface area contributed by atoms with Crippen molar-refractivity contribution in [3.8, 4) is 5.75 Å². The van der Waals surface area contributed by atoms with Gasteiger partial charge in [0.25, 0.3) is 0 Å². The first-order chi connectivity index (χ1) is 13.6. The van der Waals surface area contributed by atoms with Crippen LogP contribution in [0.3, 0.4) is 0 Å². The molecule has 1 atom stereocenters. The molecule has 1 unspecified atom stereocenters. The summed E-state index contributed by atoms with van der Waals surface area (Å²) in [4.78, 5) is 14.7. The van der Waals surface area contributed by atoms with Crippen molar-refractivity contribution in [2.24, 2.45) is 4.99 Å². The number of ether oxygens (including phenoxy) is 1. The minimum absolute atomic E-state index is 0.494. The van der Waals surface area contributed by atoms with Crippen LogP contribution in [0.25, 0.3) is 0 Å². The summed E-state index contributed by atoms with van der Waals surface area (Å²) in [5, 5.41) is 3.50. The Labute approximate surface area is 169 Å². The number of guanidine groups is 1. The number of nitrogens with one attached hydrogen (secondary N) is 1. The first-order valence-corrected chi connectivity index (χ1v) is 10.4. The van der Waals surface area contributed by atoms with Gasteiger partial charge in [-0.25, -0.2) is 0 Å². The smallest absolute Gasteiger partial charge is 0.194 e. The average Bonchev–Trinajstić information content (AvgIpc) is 2.73. The fourth-order valence-corrected chi connectivity index (χ4v) is 3.89. The standard InChI is InChI=1S/C21H36N6O/c1-5-22-21(23-16-19-17-24(2)10-11-25(19)3)27-14-12-26(13-15-27)18-6-8-20(28-4)9-7-18/h6-9,19H,5,10-17H2,1-4H3,(H,22,23). The summed E-state index contributed by atoms with van der Waals surface area (Å²) in [5.41, 5.74) is 1.26. The van der Waals surface area contributed by atoms with E-state index in [-0.39, 0.29) is 0 Å². The monoisotopic (exact) mass is 388 g/mol. The molecule has 2 fully saturated rings. The van der Waals surface area contributed by atoms with Crippen LogP contribution in [0.5, 0.6) is 5.75 Å². The first-order valence-electron chi connectivity index (χ1n) is 10.4. The van der Waals surface area contributed by atoms with E-state index in [2.05, 4.69) is 58.1 Å². The van der Waals surface area contributed by atoms with Crippen LogP contribution in [0.1, 0.15) is 6.92 Å². The Bertz CT molecular complexity index is 626. The molecule has 0 amide bonds. The van der Waals surface area contributed by atoms with E-state index in [1.165, 1.54) is 5.69 Å². The average molecular weight is 389 g/mol. The van der Waals surface area contributed by atoms with E-state index in [9.17, 15) is 0 Å². The zero-order valence-electron chi connectivity index (χ0n) is 17.9. The maximum absolute atomic E-state index is 5.27. The van der Waals surface area contributed by atoms with Crippen molar-refractivity contribution in [1.82, 2.24) is 20.0 Å². The largest absolute Gasteiger partial charge is 0.497 e. The minimum Gasteiger partial charge on any atom is -0.497 e. The van der Waals surface area contributed by atoms with E-state index in [0.717, 1.165) is 70.6 Å². The van der Waals surface area contributed by atoms with E-state index in [0.29, 0.717) is 6.04 Å². The highest BCUT2D eigenvalue weighted by Gasteiger charge is 2.23. The van der Waals surface area contributed by atoms with Crippen LogP contribution in [-0.4, -0.2) is 107 Å². The van der Waals surface area contributed by atoms with E-state index in [1.54, 1.807) is 7.11 Å². The molecule has 2 saturated heterocycles. The van der Waals surface area contributed by atoms with Crippen LogP contribution < -0.4 is 15.0 Å². The number of benzene rings is 1. The summed E-state index contributed by atoms with van der Waals surface area (Å²) < 4.78 is 5.27. The molecular weight excluding hydrogens is 352 g/mol. The summed E-state index contributed by atoms with van der Waals surface area (Å²) in [7, 11) is 6.12. The van der Waals surface area contributed by atoms with Crippen molar-refractivity contribution in [3.63, 3.8) is 0 Å². The van der Waals surface area contributed by atoms with Gasteiger partial charge in [-0.15, -0.1) is 0 Å². The molecular formula is C21H36N6O. The van der Waals surface area contributed by atoms with Crippen LogP contribution >= 0.6 is 0 Å². The van der Waals surface area contributed by atoms with Crippen molar-refractivity contribution in [3.05, 3.63) is 24.3 Å². The highest BCUT2D eigenvalue weighted by Crippen LogP contribution is 2.20. The van der Waals surface area contributed by atoms with Crippen LogP contribution in [-0.2, 0) is 0 Å². The van der Waals surface area contributed by atoms with Gasteiger partial charge in [0.1, 0.15) is 5.75 Å². The van der Waals surface area contributed by atoms with Gasteiger partial charge >= 0.3 is 0 Å². The Balaban J connectivity index is 1.57. The topological polar surface area (TPSA) is 46.6 Å². The number of nitrogens with zero attached hydrogens (tertiary/aromatic N) is 5. The molecule has 0 aromatic heterocycles. The maximum atomic E-state index is 5.27. The van der Waals surface area contributed by atoms with Gasteiger partial charge in [-0.1, -0.05) is 0 Å². The third-order valence-corrected chi connectivity index (χ3v) is 5.78. The molecule has 0 radical (unpaired) electrons. The van der Waals surface area contributed by atoms with Crippen LogP contribution in [0.15, 0.2) is 29.3 Å². The number of rotatable bonds is 5. The van der Waals surface area contributed by atoms with Gasteiger partial charge in [0.15, 0.2) is 5.96 Å². The zero-order chi connectivity index (χ0) is 19.9. The third kappa shape index (κ3) is 5.29. The number of anilines is 1. The minimum atomic E-state index is 0.494. The van der Waals surface area contributed by atoms with Crippen molar-refractivity contribution in [2.45, 2.75) is 13.0 Å². The van der Waals surface area contributed by atoms with Crippen molar-refractivity contribution in [1.29, 1.82) is 0 Å². The van der Waals surface area contributed by atoms with Crippen LogP contribution in [0.4, 0.5) is 5.69 Å². The lowest BCUT2D eigenvalue weighted by molar-refractivity contribution is 0.119. The first kappa shape index (κ1) is 20.7. The van der Waals surface area contributed by atoms with Gasteiger partial charge in [-0.3, -0.25) is 9.89 Å². The highest BCUT2D eigenvalue weighted by atomic mass is 16.5. The highest BCUT2D eigenvalue weighted by molar-refractivity contribution is 5.80. The van der Waals surface area contributed by atoms with Gasteiger partial charge in [0.2, 0.25) is 0 Å². The number of methoxy groups -OCH3 is 1. The molecule has 28 heavy (non-hydrogen) atoms. The van der Waals surface area contributed by atoms with E-state index >= 15 is 0 Å². The lowest BCUT2D eigenvalue weighted by Gasteiger charge is -2.39. The number of aliphatic imine (C=N–C) groups is 1. The molecule has 7 nitrogen and oxygen atoms in total. The van der Waals surface area contributed by atoms with Gasteiger partial charge in [-0.05, 0) is 45.3 Å². The molecule has 3 rings (SSSR count). The number of piperazine rings is 2. The molecule has 156 valence electrons. The molecule has 1 aromatic rings. The van der Waals surface area contributed by atoms with Crippen molar-refractivity contribution >= 4 is 11.6 Å². The Kier molecular flexibility index (Phi) is 7.39. The predicted molar refractivity (Wildman–Crippen MR) is 117 cm³/mol. The molecule has 2 heterocycles. The molecule has 2 aliphatic heterocycles. The molecule has 0 saturated carbocycles. The molecule has 1 N–H and O–H groups in total. The second-order valence-electron chi connectivity index (χ2n) is 7.76. The summed E-state index contributed by atoms with van der Waals surface area (Å²) in [6, 6.07) is 8.84. The van der Waals surface area contributed by atoms with Crippen LogP contribution in [0, 0.1) is 0 Å². The van der Waals surface area contributed by atoms with Crippen molar-refractivity contribution < 1.29 is 4.74 Å². The molecule has 1 aromatic carbocycles. The van der Waals surface area contributed by atoms with Crippen LogP contribution in [0.2, 0.25) is 0 Å². The van der Waals surface area contributed by atoms with E-state index < -0.39 is 0 Å².